The van der Waals surface area contributed by atoms with Crippen LogP contribution in [0.5, 0.6) is 0 Å². The summed E-state index contributed by atoms with van der Waals surface area (Å²) in [5, 5.41) is 11.3. The molecule has 0 fully saturated rings. The van der Waals surface area contributed by atoms with Crippen molar-refractivity contribution in [3.8, 4) is 0 Å². The number of halogens is 3. The van der Waals surface area contributed by atoms with Gasteiger partial charge in [-0.25, -0.2) is 4.98 Å². The first-order valence-electron chi connectivity index (χ1n) is 8.51. The summed E-state index contributed by atoms with van der Waals surface area (Å²) in [4.78, 5) is 7.54. The summed E-state index contributed by atoms with van der Waals surface area (Å²) in [6.45, 7) is 11.7. The Morgan fingerprint density at radius 3 is 2.30 bits per heavy atom. The van der Waals surface area contributed by atoms with Crippen LogP contribution in [0, 0.1) is 13.8 Å². The molecular formula is C17H22F3N7. The normalized spacial score (nSPS) is 14.0. The molecule has 0 aliphatic carbocycles. The van der Waals surface area contributed by atoms with E-state index in [1.807, 2.05) is 45.5 Å². The van der Waals surface area contributed by atoms with E-state index in [9.17, 15) is 13.2 Å². The molecule has 3 rings (SSSR count). The van der Waals surface area contributed by atoms with Gasteiger partial charge in [-0.1, -0.05) is 0 Å². The zero-order chi connectivity index (χ0) is 20.1. The zero-order valence-electron chi connectivity index (χ0n) is 16.0. The Bertz CT molecular complexity index is 979. The molecule has 1 N–H and O–H groups in total. The standard InChI is InChI=1S/C17H22F3N7/c1-9-7-13(27-15(21-9)23-14(25-27)17(18,19)20)22-10(2)12-8-26(16(4,5)6)24-11(12)3/h7-8,10,22H,1-6H3. The van der Waals surface area contributed by atoms with Crippen LogP contribution in [0.15, 0.2) is 12.3 Å². The lowest BCUT2D eigenvalue weighted by atomic mass is 10.1. The number of anilines is 1. The lowest BCUT2D eigenvalue weighted by molar-refractivity contribution is -0.144. The monoisotopic (exact) mass is 381 g/mol. The highest BCUT2D eigenvalue weighted by Crippen LogP contribution is 2.28. The lowest BCUT2D eigenvalue weighted by Gasteiger charge is -2.19. The molecule has 0 spiro atoms. The van der Waals surface area contributed by atoms with Gasteiger partial charge in [-0.05, 0) is 41.5 Å². The summed E-state index contributed by atoms with van der Waals surface area (Å²) >= 11 is 0. The van der Waals surface area contributed by atoms with E-state index in [1.165, 1.54) is 0 Å². The molecule has 0 saturated heterocycles. The van der Waals surface area contributed by atoms with E-state index in [0.717, 1.165) is 15.8 Å². The van der Waals surface area contributed by atoms with Crippen molar-refractivity contribution in [3.63, 3.8) is 0 Å². The first-order chi connectivity index (χ1) is 12.4. The minimum Gasteiger partial charge on any atom is -0.363 e. The van der Waals surface area contributed by atoms with Gasteiger partial charge in [0, 0.05) is 23.5 Å². The maximum absolute atomic E-state index is 13.0. The summed E-state index contributed by atoms with van der Waals surface area (Å²) < 4.78 is 41.8. The Morgan fingerprint density at radius 1 is 1.07 bits per heavy atom. The van der Waals surface area contributed by atoms with Crippen LogP contribution in [0.25, 0.3) is 5.78 Å². The molecule has 0 aliphatic heterocycles. The molecule has 0 bridgehead atoms. The number of aromatic nitrogens is 6. The number of nitrogens with one attached hydrogen (secondary N) is 1. The van der Waals surface area contributed by atoms with Crippen LogP contribution >= 0.6 is 0 Å². The predicted octanol–water partition coefficient (Wildman–Crippen LogP) is 3.88. The minimum absolute atomic E-state index is 0.0980. The van der Waals surface area contributed by atoms with Gasteiger partial charge in [0.1, 0.15) is 5.82 Å². The highest BCUT2D eigenvalue weighted by molar-refractivity contribution is 5.47. The molecule has 7 nitrogen and oxygen atoms in total. The fourth-order valence-corrected chi connectivity index (χ4v) is 2.75. The number of rotatable bonds is 3. The van der Waals surface area contributed by atoms with Gasteiger partial charge in [-0.15, -0.1) is 5.10 Å². The Balaban J connectivity index is 1.99. The van der Waals surface area contributed by atoms with E-state index in [1.54, 1.807) is 13.0 Å². The quantitative estimate of drug-likeness (QED) is 0.745. The highest BCUT2D eigenvalue weighted by Gasteiger charge is 2.37. The fraction of sp³-hybridized carbons (Fsp3) is 0.529. The first-order valence-corrected chi connectivity index (χ1v) is 8.51. The Kier molecular flexibility index (Phi) is 4.40. The second-order valence-corrected chi connectivity index (χ2v) is 7.58. The SMILES string of the molecule is Cc1cc(NC(C)c2cn(C(C)(C)C)nc2C)n2nc(C(F)(F)F)nc2n1. The van der Waals surface area contributed by atoms with E-state index in [-0.39, 0.29) is 17.4 Å². The fourth-order valence-electron chi connectivity index (χ4n) is 2.75. The molecule has 146 valence electrons. The lowest BCUT2D eigenvalue weighted by Crippen LogP contribution is -2.22. The van der Waals surface area contributed by atoms with Crippen LogP contribution in [-0.2, 0) is 11.7 Å². The smallest absolute Gasteiger partial charge is 0.363 e. The zero-order valence-corrected chi connectivity index (χ0v) is 16.0. The van der Waals surface area contributed by atoms with Crippen LogP contribution in [0.4, 0.5) is 19.0 Å². The number of nitrogens with zero attached hydrogens (tertiary/aromatic N) is 6. The molecule has 3 heterocycles. The van der Waals surface area contributed by atoms with Gasteiger partial charge in [0.25, 0.3) is 11.6 Å². The predicted molar refractivity (Wildman–Crippen MR) is 94.5 cm³/mol. The van der Waals surface area contributed by atoms with Crippen LogP contribution in [0.3, 0.4) is 0 Å². The number of aryl methyl sites for hydroxylation is 2. The van der Waals surface area contributed by atoms with E-state index in [0.29, 0.717) is 11.5 Å². The van der Waals surface area contributed by atoms with Crippen LogP contribution in [0.2, 0.25) is 0 Å². The minimum atomic E-state index is -4.63. The second kappa shape index (κ2) is 6.21. The summed E-state index contributed by atoms with van der Waals surface area (Å²) in [5.74, 6) is -0.928. The maximum atomic E-state index is 13.0. The van der Waals surface area contributed by atoms with E-state index in [4.69, 9.17) is 0 Å². The number of alkyl halides is 3. The van der Waals surface area contributed by atoms with Crippen LogP contribution in [-0.4, -0.2) is 29.4 Å². The van der Waals surface area contributed by atoms with Gasteiger partial charge in [-0.3, -0.25) is 4.68 Å². The average Bonchev–Trinajstić information content (AvgIpc) is 3.09. The van der Waals surface area contributed by atoms with Crippen LogP contribution < -0.4 is 5.32 Å². The van der Waals surface area contributed by atoms with E-state index < -0.39 is 12.0 Å². The molecule has 0 amide bonds. The Morgan fingerprint density at radius 2 is 1.74 bits per heavy atom. The molecule has 0 aromatic carbocycles. The summed E-state index contributed by atoms with van der Waals surface area (Å²) in [5.41, 5.74) is 2.17. The van der Waals surface area contributed by atoms with Crippen molar-refractivity contribution >= 4 is 11.6 Å². The third-order valence-corrected chi connectivity index (χ3v) is 4.15. The molecule has 3 aromatic heterocycles. The van der Waals surface area contributed by atoms with E-state index in [2.05, 4.69) is 25.5 Å². The van der Waals surface area contributed by atoms with Gasteiger partial charge in [0.2, 0.25) is 0 Å². The van der Waals surface area contributed by atoms with Gasteiger partial charge < -0.3 is 5.32 Å². The molecule has 3 aromatic rings. The average molecular weight is 381 g/mol. The summed E-state index contributed by atoms with van der Waals surface area (Å²) in [6.07, 6.45) is -2.68. The number of hydrogen-bond acceptors (Lipinski definition) is 5. The number of fused-ring (bicyclic) bond motifs is 1. The largest absolute Gasteiger partial charge is 0.453 e. The van der Waals surface area contributed by atoms with Gasteiger partial charge in [-0.2, -0.15) is 27.8 Å². The van der Waals surface area contributed by atoms with Gasteiger partial charge in [0.15, 0.2) is 0 Å². The van der Waals surface area contributed by atoms with Crippen molar-refractivity contribution in [3.05, 3.63) is 35.0 Å². The Hall–Kier alpha value is -2.65. The molecule has 1 unspecified atom stereocenters. The van der Waals surface area contributed by atoms with Crippen molar-refractivity contribution in [1.82, 2.24) is 29.4 Å². The third-order valence-electron chi connectivity index (χ3n) is 4.15. The summed E-state index contributed by atoms with van der Waals surface area (Å²) in [6, 6.07) is 1.44. The third kappa shape index (κ3) is 3.74. The molecular weight excluding hydrogens is 359 g/mol. The van der Waals surface area contributed by atoms with Crippen molar-refractivity contribution < 1.29 is 13.2 Å². The number of hydrogen-bond donors (Lipinski definition) is 1. The first kappa shape index (κ1) is 19.1. The second-order valence-electron chi connectivity index (χ2n) is 7.58. The molecule has 0 aliphatic rings. The van der Waals surface area contributed by atoms with Crippen LogP contribution in [0.1, 0.15) is 56.5 Å². The molecule has 10 heteroatoms. The topological polar surface area (TPSA) is 72.9 Å². The molecule has 0 radical (unpaired) electrons. The highest BCUT2D eigenvalue weighted by atomic mass is 19.4. The maximum Gasteiger partial charge on any atom is 0.453 e. The Labute approximate surface area is 154 Å². The molecule has 0 saturated carbocycles. The molecule has 1 atom stereocenters. The van der Waals surface area contributed by atoms with Crippen molar-refractivity contribution in [1.29, 1.82) is 0 Å². The van der Waals surface area contributed by atoms with E-state index >= 15 is 0 Å². The van der Waals surface area contributed by atoms with Crippen molar-refractivity contribution in [2.45, 2.75) is 59.3 Å². The molecule has 27 heavy (non-hydrogen) atoms. The van der Waals surface area contributed by atoms with Crippen molar-refractivity contribution in [2.24, 2.45) is 0 Å². The van der Waals surface area contributed by atoms with Gasteiger partial charge in [0.05, 0.1) is 17.3 Å². The van der Waals surface area contributed by atoms with Gasteiger partial charge >= 0.3 is 6.18 Å². The van der Waals surface area contributed by atoms with Crippen molar-refractivity contribution in [2.75, 3.05) is 5.32 Å². The summed E-state index contributed by atoms with van der Waals surface area (Å²) in [7, 11) is 0.